The van der Waals surface area contributed by atoms with Gasteiger partial charge in [0.25, 0.3) is 5.92 Å². The first-order valence-electron chi connectivity index (χ1n) is 6.38. The van der Waals surface area contributed by atoms with Gasteiger partial charge >= 0.3 is 0 Å². The van der Waals surface area contributed by atoms with Crippen LogP contribution < -0.4 is 5.32 Å². The molecule has 0 aromatic heterocycles. The number of halogens is 2. The number of nitrogens with zero attached hydrogens (tertiary/aromatic N) is 1. The lowest BCUT2D eigenvalue weighted by Gasteiger charge is -2.28. The normalized spacial score (nSPS) is 18.0. The van der Waals surface area contributed by atoms with Crippen LogP contribution in [0.4, 0.5) is 8.78 Å². The molecule has 1 N–H and O–H groups in total. The number of alkyl halides is 2. The van der Waals surface area contributed by atoms with Crippen molar-refractivity contribution in [2.45, 2.75) is 26.3 Å². The highest BCUT2D eigenvalue weighted by Crippen LogP contribution is 2.31. The van der Waals surface area contributed by atoms with Crippen molar-refractivity contribution in [2.24, 2.45) is 0 Å². The van der Waals surface area contributed by atoms with Gasteiger partial charge in [-0.1, -0.05) is 23.8 Å². The van der Waals surface area contributed by atoms with E-state index in [-0.39, 0.29) is 5.56 Å². The highest BCUT2D eigenvalue weighted by atomic mass is 19.3. The molecule has 1 aromatic rings. The summed E-state index contributed by atoms with van der Waals surface area (Å²) in [6.45, 7) is 7.23. The first-order valence-corrected chi connectivity index (χ1v) is 6.38. The standard InChI is InChI=1S/C14H20F2N2/c1-11-3-4-13(14(2,15)16)12(9-11)10-18-7-5-17-6-8-18/h3-4,9,17H,5-8,10H2,1-2H3. The van der Waals surface area contributed by atoms with E-state index in [1.165, 1.54) is 0 Å². The molecule has 0 amide bonds. The van der Waals surface area contributed by atoms with Gasteiger partial charge in [0, 0.05) is 45.2 Å². The number of hydrogen-bond acceptors (Lipinski definition) is 2. The Balaban J connectivity index is 2.21. The minimum Gasteiger partial charge on any atom is -0.314 e. The average Bonchev–Trinajstić information content (AvgIpc) is 2.28. The van der Waals surface area contributed by atoms with Gasteiger partial charge in [-0.2, -0.15) is 0 Å². The summed E-state index contributed by atoms with van der Waals surface area (Å²) in [5.74, 6) is -2.77. The summed E-state index contributed by atoms with van der Waals surface area (Å²) in [6.07, 6.45) is 0. The predicted molar refractivity (Wildman–Crippen MR) is 68.9 cm³/mol. The maximum absolute atomic E-state index is 13.6. The lowest BCUT2D eigenvalue weighted by atomic mass is 9.99. The molecule has 0 atom stereocenters. The smallest absolute Gasteiger partial charge is 0.270 e. The fourth-order valence-electron chi connectivity index (χ4n) is 2.39. The molecule has 2 rings (SSSR count). The molecule has 1 aliphatic heterocycles. The summed E-state index contributed by atoms with van der Waals surface area (Å²) in [6, 6.07) is 5.20. The van der Waals surface area contributed by atoms with Gasteiger partial charge in [0.05, 0.1) is 0 Å². The molecule has 0 unspecified atom stereocenters. The number of nitrogens with one attached hydrogen (secondary N) is 1. The van der Waals surface area contributed by atoms with Crippen LogP contribution in [0.5, 0.6) is 0 Å². The second kappa shape index (κ2) is 5.33. The largest absolute Gasteiger partial charge is 0.314 e. The Morgan fingerprint density at radius 3 is 2.56 bits per heavy atom. The van der Waals surface area contributed by atoms with Crippen LogP contribution in [0.1, 0.15) is 23.6 Å². The highest BCUT2D eigenvalue weighted by molar-refractivity contribution is 5.34. The maximum Gasteiger partial charge on any atom is 0.270 e. The number of rotatable bonds is 3. The van der Waals surface area contributed by atoms with E-state index in [1.54, 1.807) is 12.1 Å². The zero-order chi connectivity index (χ0) is 13.2. The van der Waals surface area contributed by atoms with E-state index in [1.807, 2.05) is 13.0 Å². The van der Waals surface area contributed by atoms with Crippen molar-refractivity contribution in [1.82, 2.24) is 10.2 Å². The van der Waals surface area contributed by atoms with Gasteiger partial charge < -0.3 is 5.32 Å². The molecule has 0 saturated carbocycles. The van der Waals surface area contributed by atoms with Crippen molar-refractivity contribution in [3.05, 3.63) is 34.9 Å². The third-order valence-corrected chi connectivity index (χ3v) is 3.34. The predicted octanol–water partition coefficient (Wildman–Crippen LogP) is 2.51. The number of benzene rings is 1. The van der Waals surface area contributed by atoms with Crippen LogP contribution in [0, 0.1) is 6.92 Å². The molecule has 1 heterocycles. The maximum atomic E-state index is 13.6. The Morgan fingerprint density at radius 2 is 1.94 bits per heavy atom. The average molecular weight is 254 g/mol. The molecule has 0 bridgehead atoms. The van der Waals surface area contributed by atoms with Crippen LogP contribution in [-0.2, 0) is 12.5 Å². The van der Waals surface area contributed by atoms with Crippen molar-refractivity contribution in [1.29, 1.82) is 0 Å². The summed E-state index contributed by atoms with van der Waals surface area (Å²) in [4.78, 5) is 2.22. The molecule has 0 radical (unpaired) electrons. The number of piperazine rings is 1. The molecule has 1 saturated heterocycles. The third-order valence-electron chi connectivity index (χ3n) is 3.34. The molecule has 1 aromatic carbocycles. The summed E-state index contributed by atoms with van der Waals surface area (Å²) in [7, 11) is 0. The van der Waals surface area contributed by atoms with E-state index in [4.69, 9.17) is 0 Å². The van der Waals surface area contributed by atoms with Crippen molar-refractivity contribution in [3.63, 3.8) is 0 Å². The Morgan fingerprint density at radius 1 is 1.28 bits per heavy atom. The van der Waals surface area contributed by atoms with Gasteiger partial charge in [0.15, 0.2) is 0 Å². The number of hydrogen-bond donors (Lipinski definition) is 1. The number of aryl methyl sites for hydroxylation is 1. The lowest BCUT2D eigenvalue weighted by Crippen LogP contribution is -2.43. The fraction of sp³-hybridized carbons (Fsp3) is 0.571. The highest BCUT2D eigenvalue weighted by Gasteiger charge is 2.28. The van der Waals surface area contributed by atoms with Crippen LogP contribution in [-0.4, -0.2) is 31.1 Å². The monoisotopic (exact) mass is 254 g/mol. The van der Waals surface area contributed by atoms with E-state index in [0.717, 1.165) is 44.2 Å². The Hall–Kier alpha value is -1.00. The molecule has 1 fully saturated rings. The van der Waals surface area contributed by atoms with E-state index in [0.29, 0.717) is 6.54 Å². The van der Waals surface area contributed by atoms with Gasteiger partial charge in [-0.25, -0.2) is 8.78 Å². The molecule has 4 heteroatoms. The quantitative estimate of drug-likeness (QED) is 0.891. The van der Waals surface area contributed by atoms with E-state index in [2.05, 4.69) is 10.2 Å². The third kappa shape index (κ3) is 3.27. The summed E-state index contributed by atoms with van der Waals surface area (Å²) in [5, 5.41) is 3.27. The Bertz CT molecular complexity index is 407. The van der Waals surface area contributed by atoms with Crippen LogP contribution in [0.3, 0.4) is 0 Å². The summed E-state index contributed by atoms with van der Waals surface area (Å²) < 4.78 is 27.1. The van der Waals surface area contributed by atoms with Gasteiger partial charge in [-0.3, -0.25) is 4.90 Å². The van der Waals surface area contributed by atoms with Crippen LogP contribution in [0.2, 0.25) is 0 Å². The molecular formula is C14H20F2N2. The van der Waals surface area contributed by atoms with Crippen LogP contribution in [0.15, 0.2) is 18.2 Å². The topological polar surface area (TPSA) is 15.3 Å². The van der Waals surface area contributed by atoms with Gasteiger partial charge in [0.1, 0.15) is 0 Å². The molecule has 18 heavy (non-hydrogen) atoms. The molecule has 2 nitrogen and oxygen atoms in total. The second-order valence-corrected chi connectivity index (χ2v) is 5.08. The van der Waals surface area contributed by atoms with Crippen molar-refractivity contribution in [2.75, 3.05) is 26.2 Å². The van der Waals surface area contributed by atoms with Gasteiger partial charge in [-0.05, 0) is 12.5 Å². The second-order valence-electron chi connectivity index (χ2n) is 5.08. The molecule has 1 aliphatic rings. The van der Waals surface area contributed by atoms with Gasteiger partial charge in [0.2, 0.25) is 0 Å². The van der Waals surface area contributed by atoms with Crippen molar-refractivity contribution < 1.29 is 8.78 Å². The Labute approximate surface area is 107 Å². The lowest BCUT2D eigenvalue weighted by molar-refractivity contribution is 0.0157. The molecule has 0 spiro atoms. The van der Waals surface area contributed by atoms with Gasteiger partial charge in [-0.15, -0.1) is 0 Å². The van der Waals surface area contributed by atoms with E-state index < -0.39 is 5.92 Å². The zero-order valence-corrected chi connectivity index (χ0v) is 11.0. The molecular weight excluding hydrogens is 234 g/mol. The molecule has 100 valence electrons. The first kappa shape index (κ1) is 13.4. The summed E-state index contributed by atoms with van der Waals surface area (Å²) in [5.41, 5.74) is 1.95. The van der Waals surface area contributed by atoms with Crippen molar-refractivity contribution in [3.8, 4) is 0 Å². The van der Waals surface area contributed by atoms with Crippen LogP contribution in [0.25, 0.3) is 0 Å². The zero-order valence-electron chi connectivity index (χ0n) is 11.0. The molecule has 0 aliphatic carbocycles. The first-order chi connectivity index (χ1) is 8.47. The minimum atomic E-state index is -2.77. The van der Waals surface area contributed by atoms with Crippen LogP contribution >= 0.6 is 0 Å². The van der Waals surface area contributed by atoms with E-state index >= 15 is 0 Å². The Kier molecular flexibility index (Phi) is 3.97. The van der Waals surface area contributed by atoms with E-state index in [9.17, 15) is 8.78 Å². The van der Waals surface area contributed by atoms with Crippen molar-refractivity contribution >= 4 is 0 Å². The summed E-state index contributed by atoms with van der Waals surface area (Å²) >= 11 is 0. The minimum absolute atomic E-state index is 0.159. The fourth-order valence-corrected chi connectivity index (χ4v) is 2.39. The SMILES string of the molecule is Cc1ccc(C(C)(F)F)c(CN2CCNCC2)c1.